The molecule has 42 heavy (non-hydrogen) atoms. The van der Waals surface area contributed by atoms with E-state index in [2.05, 4.69) is 6.92 Å². The summed E-state index contributed by atoms with van der Waals surface area (Å²) in [5.41, 5.74) is 22.1. The minimum absolute atomic E-state index is 0.135. The van der Waals surface area contributed by atoms with E-state index in [9.17, 15) is 19.5 Å². The number of nitrogens with zero attached hydrogens (tertiary/aromatic N) is 1. The first kappa shape index (κ1) is 40.5. The quantitative estimate of drug-likeness (QED) is 0.0722. The van der Waals surface area contributed by atoms with Crippen LogP contribution in [0.25, 0.3) is 0 Å². The number of amides is 2. The Bertz CT molecular complexity index is 721. The zero-order valence-electron chi connectivity index (χ0n) is 27.4. The van der Waals surface area contributed by atoms with Crippen molar-refractivity contribution in [1.29, 1.82) is 0 Å². The van der Waals surface area contributed by atoms with Crippen LogP contribution >= 0.6 is 0 Å². The Morgan fingerprint density at radius 3 is 1.45 bits per heavy atom. The molecule has 0 aromatic rings. The van der Waals surface area contributed by atoms with Crippen molar-refractivity contribution in [2.45, 2.75) is 173 Å². The summed E-state index contributed by atoms with van der Waals surface area (Å²) in [6.45, 7) is 6.70. The molecule has 9 heteroatoms. The summed E-state index contributed by atoms with van der Waals surface area (Å²) < 4.78 is 0. The minimum atomic E-state index is -1.70. The third-order valence-corrected chi connectivity index (χ3v) is 8.55. The van der Waals surface area contributed by atoms with Crippen LogP contribution in [0.4, 0.5) is 0 Å². The van der Waals surface area contributed by atoms with E-state index in [-0.39, 0.29) is 18.8 Å². The molecule has 0 fully saturated rings. The van der Waals surface area contributed by atoms with Crippen molar-refractivity contribution < 1.29 is 19.5 Å². The molecular weight excluding hydrogens is 530 g/mol. The van der Waals surface area contributed by atoms with Crippen LogP contribution < -0.4 is 22.9 Å². The van der Waals surface area contributed by atoms with E-state index in [1.807, 2.05) is 0 Å². The van der Waals surface area contributed by atoms with Crippen LogP contribution in [0.5, 0.6) is 0 Å². The predicted octanol–water partition coefficient (Wildman–Crippen LogP) is 5.61. The van der Waals surface area contributed by atoms with Crippen molar-refractivity contribution in [3.63, 3.8) is 0 Å². The molecule has 0 radical (unpaired) electrons. The fourth-order valence-corrected chi connectivity index (χ4v) is 5.59. The first-order valence-corrected chi connectivity index (χ1v) is 17.1. The maximum absolute atomic E-state index is 13.7. The topological polar surface area (TPSA) is 179 Å². The molecule has 0 heterocycles. The van der Waals surface area contributed by atoms with Crippen molar-refractivity contribution in [2.75, 3.05) is 13.1 Å². The molecule has 0 aliphatic heterocycles. The third-order valence-electron chi connectivity index (χ3n) is 8.55. The normalized spacial score (nSPS) is 14.5. The number of aliphatic carboxylic acids is 1. The van der Waals surface area contributed by atoms with Crippen molar-refractivity contribution in [3.8, 4) is 0 Å². The van der Waals surface area contributed by atoms with Gasteiger partial charge < -0.3 is 28.0 Å². The van der Waals surface area contributed by atoms with E-state index in [1.54, 1.807) is 13.8 Å². The maximum Gasteiger partial charge on any atom is 0.330 e. The van der Waals surface area contributed by atoms with Gasteiger partial charge in [0.05, 0.1) is 12.1 Å². The van der Waals surface area contributed by atoms with E-state index in [1.165, 1.54) is 64.2 Å². The van der Waals surface area contributed by atoms with Crippen LogP contribution in [0.3, 0.4) is 0 Å². The van der Waals surface area contributed by atoms with E-state index < -0.39 is 35.4 Å². The largest absolute Gasteiger partial charge is 0.479 e. The fraction of sp³-hybridized carbons (Fsp3) is 0.909. The lowest BCUT2D eigenvalue weighted by Gasteiger charge is -2.42. The van der Waals surface area contributed by atoms with Gasteiger partial charge in [-0.15, -0.1) is 0 Å². The van der Waals surface area contributed by atoms with Crippen LogP contribution in [-0.2, 0) is 14.4 Å². The van der Waals surface area contributed by atoms with Crippen molar-refractivity contribution in [1.82, 2.24) is 4.90 Å². The highest BCUT2D eigenvalue weighted by molar-refractivity contribution is 6.04. The average Bonchev–Trinajstić information content (AvgIpc) is 2.96. The predicted molar refractivity (Wildman–Crippen MR) is 174 cm³/mol. The summed E-state index contributed by atoms with van der Waals surface area (Å²) in [4.78, 5) is 41.4. The number of carbonyl (C=O) groups excluding carboxylic acids is 2. The summed E-state index contributed by atoms with van der Waals surface area (Å²) in [5.74, 6) is -2.77. The summed E-state index contributed by atoms with van der Waals surface area (Å²) in [7, 11) is 0. The van der Waals surface area contributed by atoms with Gasteiger partial charge in [0.1, 0.15) is 5.54 Å². The zero-order valence-corrected chi connectivity index (χ0v) is 27.4. The number of imide groups is 1. The first-order valence-electron chi connectivity index (χ1n) is 17.1. The molecule has 0 saturated heterocycles. The van der Waals surface area contributed by atoms with Gasteiger partial charge in [0, 0.05) is 0 Å². The Morgan fingerprint density at radius 2 is 1.05 bits per heavy atom. The number of nitrogens with two attached hydrogens (primary N) is 4. The van der Waals surface area contributed by atoms with Gasteiger partial charge in [-0.05, 0) is 57.5 Å². The van der Waals surface area contributed by atoms with Crippen LogP contribution in [-0.4, -0.2) is 58.5 Å². The molecule has 3 atom stereocenters. The standard InChI is InChI=1S/C33H67N5O4/c1-4-5-6-7-8-9-10-11-12-13-14-15-16-18-23-33(32(41)42,24-19-21-26-35)38(31(40)29(37)27(2)3)30(39)28(36)22-17-20-25-34/h27-29H,4-26,34-37H2,1-3H3,(H,41,42). The number of carbonyl (C=O) groups is 3. The van der Waals surface area contributed by atoms with Crippen molar-refractivity contribution in [2.24, 2.45) is 28.9 Å². The van der Waals surface area contributed by atoms with Crippen LogP contribution in [0.1, 0.15) is 156 Å². The number of carboxylic acids is 1. The average molecular weight is 598 g/mol. The van der Waals surface area contributed by atoms with E-state index in [4.69, 9.17) is 22.9 Å². The Labute approximate surface area is 257 Å². The molecule has 9 N–H and O–H groups in total. The molecule has 3 unspecified atom stereocenters. The molecule has 0 aromatic carbocycles. The van der Waals surface area contributed by atoms with Crippen molar-refractivity contribution >= 4 is 17.8 Å². The molecule has 9 nitrogen and oxygen atoms in total. The Morgan fingerprint density at radius 1 is 0.643 bits per heavy atom. The summed E-state index contributed by atoms with van der Waals surface area (Å²) in [6.07, 6.45) is 19.6. The fourth-order valence-electron chi connectivity index (χ4n) is 5.59. The minimum Gasteiger partial charge on any atom is -0.479 e. The number of rotatable bonds is 28. The summed E-state index contributed by atoms with van der Waals surface area (Å²) in [5, 5.41) is 10.6. The van der Waals surface area contributed by atoms with Gasteiger partial charge in [-0.2, -0.15) is 0 Å². The number of unbranched alkanes of at least 4 members (excludes halogenated alkanes) is 15. The molecular formula is C33H67N5O4. The van der Waals surface area contributed by atoms with Gasteiger partial charge in [0.2, 0.25) is 11.8 Å². The highest BCUT2D eigenvalue weighted by atomic mass is 16.4. The summed E-state index contributed by atoms with van der Waals surface area (Å²) in [6, 6.07) is -2.00. The second-order valence-corrected chi connectivity index (χ2v) is 12.6. The van der Waals surface area contributed by atoms with E-state index in [0.29, 0.717) is 51.6 Å². The van der Waals surface area contributed by atoms with Crippen LogP contribution in [0, 0.1) is 5.92 Å². The molecule has 248 valence electrons. The Hall–Kier alpha value is -1.55. The SMILES string of the molecule is CCCCCCCCCCCCCCCCC(CCCCN)(C(=O)O)N(C(=O)C(N)CCCCN)C(=O)C(N)C(C)C. The molecule has 0 spiro atoms. The van der Waals surface area contributed by atoms with Gasteiger partial charge in [0.25, 0.3) is 0 Å². The zero-order chi connectivity index (χ0) is 31.8. The van der Waals surface area contributed by atoms with Crippen LogP contribution in [0.15, 0.2) is 0 Å². The monoisotopic (exact) mass is 598 g/mol. The number of hydrogen-bond donors (Lipinski definition) is 5. The molecule has 0 aromatic heterocycles. The highest BCUT2D eigenvalue weighted by Crippen LogP contribution is 2.32. The molecule has 0 aliphatic carbocycles. The molecule has 0 aliphatic rings. The molecule has 0 rings (SSSR count). The number of carboxylic acid groups (broad SMARTS) is 1. The van der Waals surface area contributed by atoms with Gasteiger partial charge in [-0.25, -0.2) is 4.79 Å². The van der Waals surface area contributed by atoms with Gasteiger partial charge >= 0.3 is 5.97 Å². The molecule has 0 bridgehead atoms. The summed E-state index contributed by atoms with van der Waals surface area (Å²) >= 11 is 0. The lowest BCUT2D eigenvalue weighted by Crippen LogP contribution is -2.66. The Balaban J connectivity index is 5.37. The smallest absolute Gasteiger partial charge is 0.330 e. The molecule has 0 saturated carbocycles. The van der Waals surface area contributed by atoms with E-state index >= 15 is 0 Å². The third kappa shape index (κ3) is 15.8. The van der Waals surface area contributed by atoms with Gasteiger partial charge in [-0.1, -0.05) is 117 Å². The number of hydrogen-bond acceptors (Lipinski definition) is 7. The van der Waals surface area contributed by atoms with Gasteiger partial charge in [0.15, 0.2) is 0 Å². The molecule has 2 amide bonds. The highest BCUT2D eigenvalue weighted by Gasteiger charge is 2.51. The Kier molecular flexibility index (Phi) is 23.9. The van der Waals surface area contributed by atoms with Crippen LogP contribution in [0.2, 0.25) is 0 Å². The van der Waals surface area contributed by atoms with Gasteiger partial charge in [-0.3, -0.25) is 14.5 Å². The second-order valence-electron chi connectivity index (χ2n) is 12.6. The lowest BCUT2D eigenvalue weighted by atomic mass is 9.83. The first-order chi connectivity index (χ1) is 20.1. The van der Waals surface area contributed by atoms with Crippen molar-refractivity contribution in [3.05, 3.63) is 0 Å². The second kappa shape index (κ2) is 24.8. The van der Waals surface area contributed by atoms with E-state index in [0.717, 1.165) is 24.2 Å². The maximum atomic E-state index is 13.7. The lowest BCUT2D eigenvalue weighted by molar-refractivity contribution is -0.170.